The summed E-state index contributed by atoms with van der Waals surface area (Å²) in [6.07, 6.45) is 7.58. The molecule has 0 saturated carbocycles. The highest BCUT2D eigenvalue weighted by Crippen LogP contribution is 2.37. The lowest BCUT2D eigenvalue weighted by atomic mass is 9.92. The monoisotopic (exact) mass is 444 g/mol. The molecule has 0 spiro atoms. The van der Waals surface area contributed by atoms with Gasteiger partial charge >= 0.3 is 0 Å². The maximum absolute atomic E-state index is 5.99. The van der Waals surface area contributed by atoms with E-state index in [0.717, 1.165) is 48.4 Å². The first-order valence-corrected chi connectivity index (χ1v) is 12.4. The summed E-state index contributed by atoms with van der Waals surface area (Å²) in [6, 6.07) is 17.8. The minimum atomic E-state index is 0.378. The summed E-state index contributed by atoms with van der Waals surface area (Å²) in [6.45, 7) is 9.65. The van der Waals surface area contributed by atoms with E-state index in [-0.39, 0.29) is 0 Å². The van der Waals surface area contributed by atoms with Gasteiger partial charge in [0.25, 0.3) is 0 Å². The summed E-state index contributed by atoms with van der Waals surface area (Å²) in [4.78, 5) is 7.46. The summed E-state index contributed by atoms with van der Waals surface area (Å²) in [5.41, 5.74) is 8.68. The van der Waals surface area contributed by atoms with E-state index in [1.165, 1.54) is 35.1 Å². The predicted octanol–water partition coefficient (Wildman–Crippen LogP) is 7.55. The lowest BCUT2D eigenvalue weighted by Crippen LogP contribution is -2.25. The summed E-state index contributed by atoms with van der Waals surface area (Å²) in [5.74, 6) is 0.960. The van der Waals surface area contributed by atoms with Crippen LogP contribution in [0.1, 0.15) is 73.9 Å². The number of ether oxygens (including phenoxy) is 1. The quantitative estimate of drug-likeness (QED) is 0.305. The average Bonchev–Trinajstić information content (AvgIpc) is 2.85. The Hall–Kier alpha value is -2.65. The molecule has 3 heteroatoms. The zero-order chi connectivity index (χ0) is 23.8. The smallest absolute Gasteiger partial charge is 0.129 e. The van der Waals surface area contributed by atoms with Gasteiger partial charge in [0.1, 0.15) is 5.75 Å². The molecule has 176 valence electrons. The van der Waals surface area contributed by atoms with Gasteiger partial charge in [-0.05, 0) is 49.9 Å². The second kappa shape index (κ2) is 12.0. The van der Waals surface area contributed by atoms with Crippen molar-refractivity contribution in [1.29, 1.82) is 0 Å². The van der Waals surface area contributed by atoms with Crippen LogP contribution < -0.4 is 4.74 Å². The molecule has 0 amide bonds. The Labute approximate surface area is 200 Å². The van der Waals surface area contributed by atoms with Crippen LogP contribution >= 0.6 is 0 Å². The summed E-state index contributed by atoms with van der Waals surface area (Å²) < 4.78 is 5.99. The molecular formula is C30H40N2O. The third kappa shape index (κ3) is 5.65. The van der Waals surface area contributed by atoms with Crippen LogP contribution in [-0.2, 0) is 19.4 Å². The Kier molecular flexibility index (Phi) is 9.08. The number of hydrogen-bond acceptors (Lipinski definition) is 3. The second-order valence-corrected chi connectivity index (χ2v) is 8.93. The third-order valence-electron chi connectivity index (χ3n) is 6.74. The van der Waals surface area contributed by atoms with E-state index in [4.69, 9.17) is 9.72 Å². The Morgan fingerprint density at radius 1 is 0.909 bits per heavy atom. The van der Waals surface area contributed by atoms with Crippen molar-refractivity contribution in [3.63, 3.8) is 0 Å². The zero-order valence-corrected chi connectivity index (χ0v) is 21.3. The van der Waals surface area contributed by atoms with Crippen molar-refractivity contribution in [2.24, 2.45) is 0 Å². The van der Waals surface area contributed by atoms with Crippen LogP contribution in [0.5, 0.6) is 5.75 Å². The van der Waals surface area contributed by atoms with Crippen molar-refractivity contribution in [2.75, 3.05) is 14.2 Å². The molecule has 2 aromatic carbocycles. The van der Waals surface area contributed by atoms with Crippen molar-refractivity contribution in [2.45, 2.75) is 72.4 Å². The fourth-order valence-corrected chi connectivity index (χ4v) is 4.93. The first kappa shape index (κ1) is 25.0. The molecule has 0 radical (unpaired) electrons. The molecule has 3 nitrogen and oxygen atoms in total. The van der Waals surface area contributed by atoms with Gasteiger partial charge in [-0.1, -0.05) is 82.1 Å². The minimum absolute atomic E-state index is 0.378. The second-order valence-electron chi connectivity index (χ2n) is 8.93. The van der Waals surface area contributed by atoms with Crippen LogP contribution in [0.25, 0.3) is 11.3 Å². The van der Waals surface area contributed by atoms with Gasteiger partial charge in [0.2, 0.25) is 0 Å². The van der Waals surface area contributed by atoms with Gasteiger partial charge in [-0.25, -0.2) is 0 Å². The van der Waals surface area contributed by atoms with Crippen molar-refractivity contribution >= 4 is 0 Å². The molecule has 0 aliphatic heterocycles. The first-order chi connectivity index (χ1) is 16.0. The number of benzene rings is 2. The molecule has 0 aliphatic carbocycles. The van der Waals surface area contributed by atoms with E-state index in [2.05, 4.69) is 88.2 Å². The van der Waals surface area contributed by atoms with E-state index in [1.54, 1.807) is 7.11 Å². The Balaban J connectivity index is 1.98. The molecule has 0 bridgehead atoms. The normalized spacial score (nSPS) is 12.2. The maximum atomic E-state index is 5.99. The number of unbranched alkanes of at least 4 members (excludes halogenated alkanes) is 1. The fraction of sp³-hybridized carbons (Fsp3) is 0.433. The van der Waals surface area contributed by atoms with Crippen LogP contribution in [0.3, 0.4) is 0 Å². The maximum Gasteiger partial charge on any atom is 0.129 e. The molecule has 1 atom stereocenters. The lowest BCUT2D eigenvalue weighted by molar-refractivity contribution is 0.217. The van der Waals surface area contributed by atoms with Crippen LogP contribution in [-0.4, -0.2) is 24.0 Å². The van der Waals surface area contributed by atoms with Crippen molar-refractivity contribution < 1.29 is 4.74 Å². The van der Waals surface area contributed by atoms with Crippen LogP contribution in [0, 0.1) is 6.92 Å². The van der Waals surface area contributed by atoms with Gasteiger partial charge in [-0.3, -0.25) is 9.88 Å². The van der Waals surface area contributed by atoms with E-state index in [0.29, 0.717) is 6.04 Å². The number of nitrogens with zero attached hydrogens (tertiary/aromatic N) is 2. The molecule has 0 saturated heterocycles. The van der Waals surface area contributed by atoms with Crippen LogP contribution in [0.2, 0.25) is 0 Å². The molecule has 1 unspecified atom stereocenters. The molecule has 0 N–H and O–H groups in total. The summed E-state index contributed by atoms with van der Waals surface area (Å²) in [7, 11) is 4.01. The largest absolute Gasteiger partial charge is 0.496 e. The van der Waals surface area contributed by atoms with Gasteiger partial charge in [-0.15, -0.1) is 0 Å². The molecule has 3 aromatic rings. The number of hydrogen-bond donors (Lipinski definition) is 0. The van der Waals surface area contributed by atoms with Crippen molar-refractivity contribution in [1.82, 2.24) is 9.88 Å². The van der Waals surface area contributed by atoms with E-state index >= 15 is 0 Å². The number of methoxy groups -OCH3 is 1. The molecule has 33 heavy (non-hydrogen) atoms. The van der Waals surface area contributed by atoms with Crippen LogP contribution in [0.15, 0.2) is 54.7 Å². The van der Waals surface area contributed by atoms with Gasteiger partial charge in [0.05, 0.1) is 12.8 Å². The highest BCUT2D eigenvalue weighted by atomic mass is 16.5. The summed E-state index contributed by atoms with van der Waals surface area (Å²) >= 11 is 0. The predicted molar refractivity (Wildman–Crippen MR) is 140 cm³/mol. The molecule has 1 aromatic heterocycles. The van der Waals surface area contributed by atoms with E-state index in [1.807, 2.05) is 6.20 Å². The Morgan fingerprint density at radius 2 is 1.58 bits per heavy atom. The highest BCUT2D eigenvalue weighted by molar-refractivity contribution is 5.73. The average molecular weight is 445 g/mol. The Morgan fingerprint density at radius 3 is 2.15 bits per heavy atom. The third-order valence-corrected chi connectivity index (χ3v) is 6.74. The number of aryl methyl sites for hydroxylation is 2. The topological polar surface area (TPSA) is 25.4 Å². The Bertz CT molecular complexity index is 1010. The molecule has 1 heterocycles. The number of aromatic nitrogens is 1. The van der Waals surface area contributed by atoms with Gasteiger partial charge in [0, 0.05) is 35.5 Å². The standard InChI is InChI=1S/C30H40N2O/c1-7-10-19-27(25-15-12-11-13-16-25)32(5)21-26-20-31-29(22(4)30(26)33-6)28-23(8-2)17-14-18-24(28)9-3/h11-18,20,27H,7-10,19,21H2,1-6H3. The fourth-order valence-electron chi connectivity index (χ4n) is 4.93. The molecular weight excluding hydrogens is 404 g/mol. The lowest BCUT2D eigenvalue weighted by Gasteiger charge is -2.29. The van der Waals surface area contributed by atoms with Crippen molar-refractivity contribution in [3.05, 3.63) is 82.5 Å². The molecule has 0 fully saturated rings. The molecule has 3 rings (SSSR count). The minimum Gasteiger partial charge on any atom is -0.496 e. The van der Waals surface area contributed by atoms with Crippen LogP contribution in [0.4, 0.5) is 0 Å². The van der Waals surface area contributed by atoms with Gasteiger partial charge in [0.15, 0.2) is 0 Å². The first-order valence-electron chi connectivity index (χ1n) is 12.4. The number of pyridine rings is 1. The van der Waals surface area contributed by atoms with Gasteiger partial charge < -0.3 is 4.74 Å². The summed E-state index contributed by atoms with van der Waals surface area (Å²) in [5, 5.41) is 0. The number of rotatable bonds is 11. The SMILES string of the molecule is CCCCC(c1ccccc1)N(C)Cc1cnc(-c2c(CC)cccc2CC)c(C)c1OC. The highest BCUT2D eigenvalue weighted by Gasteiger charge is 2.22. The van der Waals surface area contributed by atoms with Crippen molar-refractivity contribution in [3.8, 4) is 17.0 Å². The molecule has 0 aliphatic rings. The van der Waals surface area contributed by atoms with Gasteiger partial charge in [-0.2, -0.15) is 0 Å². The van der Waals surface area contributed by atoms with E-state index < -0.39 is 0 Å². The zero-order valence-electron chi connectivity index (χ0n) is 21.3. The van der Waals surface area contributed by atoms with E-state index in [9.17, 15) is 0 Å².